The fourth-order valence-corrected chi connectivity index (χ4v) is 8.37. The van der Waals surface area contributed by atoms with Crippen LogP contribution >= 0.6 is 0 Å². The van der Waals surface area contributed by atoms with Crippen LogP contribution in [0.25, 0.3) is 0 Å². The Kier molecular flexibility index (Phi) is 36.4. The van der Waals surface area contributed by atoms with Crippen molar-refractivity contribution < 1.29 is 24.4 Å². The molecule has 55 heavy (non-hydrogen) atoms. The molecule has 0 amide bonds. The van der Waals surface area contributed by atoms with Crippen LogP contribution in [0, 0.1) is 10.8 Å². The van der Waals surface area contributed by atoms with Crippen LogP contribution in [0.5, 0.6) is 0 Å². The molecule has 0 saturated carbocycles. The first-order chi connectivity index (χ1) is 26.9. The SMILES string of the molecule is CCCCCCCCCCCCCCCC(C)(CO)CN1CCOCCOCCN(CC(C)(CO)CCCCCCCCCCCCCCC)CCOCC1. The second-order valence-electron chi connectivity index (χ2n) is 18.3. The van der Waals surface area contributed by atoms with Crippen molar-refractivity contribution in [3.63, 3.8) is 0 Å². The Bertz CT molecular complexity index is 727. The lowest BCUT2D eigenvalue weighted by molar-refractivity contribution is 0.0172. The predicted octanol–water partition coefficient (Wildman–Crippen LogP) is 11.6. The van der Waals surface area contributed by atoms with Gasteiger partial charge in [-0.15, -0.1) is 0 Å². The van der Waals surface area contributed by atoms with Crippen LogP contribution in [-0.4, -0.2) is 112 Å². The van der Waals surface area contributed by atoms with Crippen LogP contribution in [-0.2, 0) is 14.2 Å². The van der Waals surface area contributed by atoms with Crippen LogP contribution < -0.4 is 0 Å². The zero-order valence-electron chi connectivity index (χ0n) is 37.7. The lowest BCUT2D eigenvalue weighted by atomic mass is 9.84. The Labute approximate surface area is 343 Å². The van der Waals surface area contributed by atoms with Crippen molar-refractivity contribution in [1.29, 1.82) is 0 Å². The second-order valence-corrected chi connectivity index (χ2v) is 18.3. The lowest BCUT2D eigenvalue weighted by Gasteiger charge is -2.35. The molecule has 7 heteroatoms. The molecular weight excluding hydrogens is 685 g/mol. The van der Waals surface area contributed by atoms with E-state index in [1.165, 1.54) is 167 Å². The maximum absolute atomic E-state index is 10.5. The van der Waals surface area contributed by atoms with Gasteiger partial charge in [0, 0.05) is 63.3 Å². The highest BCUT2D eigenvalue weighted by atomic mass is 16.5. The number of aliphatic hydroxyl groups is 2. The second kappa shape index (κ2) is 38.0. The molecule has 1 fully saturated rings. The van der Waals surface area contributed by atoms with Gasteiger partial charge in [-0.2, -0.15) is 0 Å². The molecule has 0 spiro atoms. The summed E-state index contributed by atoms with van der Waals surface area (Å²) in [6.07, 6.45) is 37.6. The van der Waals surface area contributed by atoms with E-state index in [9.17, 15) is 10.2 Å². The van der Waals surface area contributed by atoms with Gasteiger partial charge in [0.25, 0.3) is 0 Å². The van der Waals surface area contributed by atoms with E-state index in [0.717, 1.165) is 52.1 Å². The molecule has 1 saturated heterocycles. The zero-order chi connectivity index (χ0) is 40.0. The van der Waals surface area contributed by atoms with E-state index in [2.05, 4.69) is 37.5 Å². The summed E-state index contributed by atoms with van der Waals surface area (Å²) in [4.78, 5) is 4.88. The minimum atomic E-state index is -0.109. The van der Waals surface area contributed by atoms with Gasteiger partial charge in [0.05, 0.1) is 39.6 Å². The molecule has 1 aliphatic rings. The Morgan fingerprint density at radius 1 is 0.364 bits per heavy atom. The van der Waals surface area contributed by atoms with Gasteiger partial charge in [-0.1, -0.05) is 195 Å². The summed E-state index contributed by atoms with van der Waals surface area (Å²) in [5.74, 6) is 0. The van der Waals surface area contributed by atoms with E-state index in [4.69, 9.17) is 14.2 Å². The number of unbranched alkanes of at least 4 members (excludes halogenated alkanes) is 24. The summed E-state index contributed by atoms with van der Waals surface area (Å²) >= 11 is 0. The average molecular weight is 783 g/mol. The third-order valence-corrected chi connectivity index (χ3v) is 12.3. The van der Waals surface area contributed by atoms with Crippen LogP contribution in [0.3, 0.4) is 0 Å². The molecule has 0 bridgehead atoms. The molecule has 1 rings (SSSR count). The standard InChI is InChI=1S/C48H98N2O5/c1-5-7-9-11-13-15-17-19-21-23-25-27-29-31-47(3,45-51)43-49-33-37-53-38-34-50(36-40-55-42-41-54-39-35-49)44-48(4,46-52)32-30-28-26-24-22-20-18-16-14-12-10-8-6-2/h51-52H,5-46H2,1-4H3. The minimum absolute atomic E-state index is 0.109. The Balaban J connectivity index is 2.37. The first kappa shape index (κ1) is 52.7. The number of rotatable bonds is 34. The molecule has 0 aromatic carbocycles. The molecule has 7 nitrogen and oxygen atoms in total. The average Bonchev–Trinajstić information content (AvgIpc) is 3.19. The van der Waals surface area contributed by atoms with E-state index < -0.39 is 0 Å². The molecule has 0 aliphatic carbocycles. The zero-order valence-corrected chi connectivity index (χ0v) is 37.7. The smallest absolute Gasteiger partial charge is 0.0701 e. The van der Waals surface area contributed by atoms with Crippen molar-refractivity contribution in [1.82, 2.24) is 9.80 Å². The molecule has 0 radical (unpaired) electrons. The minimum Gasteiger partial charge on any atom is -0.396 e. The van der Waals surface area contributed by atoms with Gasteiger partial charge in [0.1, 0.15) is 0 Å². The third-order valence-electron chi connectivity index (χ3n) is 12.3. The third kappa shape index (κ3) is 32.3. The first-order valence-electron chi connectivity index (χ1n) is 24.3. The monoisotopic (exact) mass is 783 g/mol. The van der Waals surface area contributed by atoms with Gasteiger partial charge < -0.3 is 24.4 Å². The number of nitrogens with zero attached hydrogens (tertiary/aromatic N) is 2. The predicted molar refractivity (Wildman–Crippen MR) is 236 cm³/mol. The van der Waals surface area contributed by atoms with E-state index >= 15 is 0 Å². The normalized spacial score (nSPS) is 18.4. The maximum Gasteiger partial charge on any atom is 0.0701 e. The number of hydrogen-bond donors (Lipinski definition) is 2. The van der Waals surface area contributed by atoms with Gasteiger partial charge >= 0.3 is 0 Å². The molecule has 0 aromatic rings. The Morgan fingerprint density at radius 3 is 0.855 bits per heavy atom. The van der Waals surface area contributed by atoms with Crippen molar-refractivity contribution in [2.24, 2.45) is 10.8 Å². The van der Waals surface area contributed by atoms with Crippen LogP contribution in [0.4, 0.5) is 0 Å². The highest BCUT2D eigenvalue weighted by Gasteiger charge is 2.27. The topological polar surface area (TPSA) is 74.6 Å². The lowest BCUT2D eigenvalue weighted by Crippen LogP contribution is -2.42. The molecule has 2 unspecified atom stereocenters. The van der Waals surface area contributed by atoms with Gasteiger partial charge in [-0.3, -0.25) is 9.80 Å². The number of aliphatic hydroxyl groups excluding tert-OH is 2. The van der Waals surface area contributed by atoms with Crippen LogP contribution in [0.2, 0.25) is 0 Å². The van der Waals surface area contributed by atoms with Crippen molar-refractivity contribution in [3.8, 4) is 0 Å². The fourth-order valence-electron chi connectivity index (χ4n) is 8.37. The summed E-state index contributed by atoms with van der Waals surface area (Å²) < 4.78 is 18.2. The van der Waals surface area contributed by atoms with Crippen molar-refractivity contribution >= 4 is 0 Å². The van der Waals surface area contributed by atoms with E-state index in [0.29, 0.717) is 39.6 Å². The van der Waals surface area contributed by atoms with Gasteiger partial charge in [-0.25, -0.2) is 0 Å². The molecule has 0 aromatic heterocycles. The molecule has 1 heterocycles. The van der Waals surface area contributed by atoms with E-state index in [-0.39, 0.29) is 24.0 Å². The largest absolute Gasteiger partial charge is 0.396 e. The summed E-state index contributed by atoms with van der Waals surface area (Å²) in [5, 5.41) is 21.0. The maximum atomic E-state index is 10.5. The van der Waals surface area contributed by atoms with Crippen molar-refractivity contribution in [3.05, 3.63) is 0 Å². The molecule has 1 aliphatic heterocycles. The Morgan fingerprint density at radius 2 is 0.600 bits per heavy atom. The van der Waals surface area contributed by atoms with Crippen LogP contribution in [0.15, 0.2) is 0 Å². The fraction of sp³-hybridized carbons (Fsp3) is 1.00. The molecule has 330 valence electrons. The van der Waals surface area contributed by atoms with E-state index in [1.807, 2.05) is 0 Å². The van der Waals surface area contributed by atoms with Gasteiger partial charge in [-0.05, 0) is 12.8 Å². The van der Waals surface area contributed by atoms with Gasteiger partial charge in [0.15, 0.2) is 0 Å². The summed E-state index contributed by atoms with van der Waals surface area (Å²) in [7, 11) is 0. The number of ether oxygens (including phenoxy) is 3. The summed E-state index contributed by atoms with van der Waals surface area (Å²) in [6.45, 7) is 18.6. The molecule has 2 atom stereocenters. The first-order valence-corrected chi connectivity index (χ1v) is 24.3. The number of hydrogen-bond acceptors (Lipinski definition) is 7. The van der Waals surface area contributed by atoms with Gasteiger partial charge in [0.2, 0.25) is 0 Å². The summed E-state index contributed by atoms with van der Waals surface area (Å²) in [6, 6.07) is 0. The Hall–Kier alpha value is -0.280. The van der Waals surface area contributed by atoms with E-state index in [1.54, 1.807) is 0 Å². The van der Waals surface area contributed by atoms with Crippen molar-refractivity contribution in [2.75, 3.05) is 92.1 Å². The van der Waals surface area contributed by atoms with Crippen LogP contribution in [0.1, 0.15) is 207 Å². The highest BCUT2D eigenvalue weighted by Crippen LogP contribution is 2.27. The molecular formula is C48H98N2O5. The van der Waals surface area contributed by atoms with Crippen molar-refractivity contribution in [2.45, 2.75) is 207 Å². The molecule has 2 N–H and O–H groups in total. The summed E-state index contributed by atoms with van der Waals surface area (Å²) in [5.41, 5.74) is -0.217. The quantitative estimate of drug-likeness (QED) is 0.0630. The highest BCUT2D eigenvalue weighted by molar-refractivity contribution is 4.80.